The van der Waals surface area contributed by atoms with Crippen LogP contribution in [0.1, 0.15) is 39.5 Å². The average molecular weight is 278 g/mol. The molecular weight excluding hydrogens is 252 g/mol. The summed E-state index contributed by atoms with van der Waals surface area (Å²) in [6.07, 6.45) is 3.90. The Balaban J connectivity index is 2.28. The second kappa shape index (κ2) is 7.43. The van der Waals surface area contributed by atoms with Crippen LogP contribution in [-0.4, -0.2) is 39.5 Å². The first-order valence-corrected chi connectivity index (χ1v) is 8.40. The van der Waals surface area contributed by atoms with Gasteiger partial charge in [-0.2, -0.15) is 0 Å². The fourth-order valence-electron chi connectivity index (χ4n) is 2.22. The van der Waals surface area contributed by atoms with Crippen molar-refractivity contribution in [3.63, 3.8) is 0 Å². The Hall–Kier alpha value is -0.170. The molecule has 1 aliphatic rings. The maximum absolute atomic E-state index is 11.8. The molecule has 0 spiro atoms. The van der Waals surface area contributed by atoms with Gasteiger partial charge in [-0.05, 0) is 52.0 Å². The molecule has 3 N–H and O–H groups in total. The molecule has 0 bridgehead atoms. The lowest BCUT2D eigenvalue weighted by Crippen LogP contribution is -2.40. The summed E-state index contributed by atoms with van der Waals surface area (Å²) in [4.78, 5) is 0. The highest BCUT2D eigenvalue weighted by Gasteiger charge is 2.23. The van der Waals surface area contributed by atoms with Crippen LogP contribution in [-0.2, 0) is 14.8 Å². The van der Waals surface area contributed by atoms with Gasteiger partial charge in [0.1, 0.15) is 0 Å². The van der Waals surface area contributed by atoms with Crippen molar-refractivity contribution in [3.8, 4) is 0 Å². The molecule has 0 atom stereocenters. The molecule has 0 aliphatic heterocycles. The lowest BCUT2D eigenvalue weighted by molar-refractivity contribution is 0.0911. The summed E-state index contributed by atoms with van der Waals surface area (Å²) in [5.74, 6) is 0.608. The van der Waals surface area contributed by atoms with Crippen molar-refractivity contribution in [2.24, 2.45) is 11.7 Å². The average Bonchev–Trinajstić information content (AvgIpc) is 2.28. The van der Waals surface area contributed by atoms with Gasteiger partial charge in [0.15, 0.2) is 0 Å². The second-order valence-electron chi connectivity index (χ2n) is 5.31. The third kappa shape index (κ3) is 6.13. The summed E-state index contributed by atoms with van der Waals surface area (Å²) < 4.78 is 31.7. The van der Waals surface area contributed by atoms with E-state index in [1.54, 1.807) is 0 Å². The van der Waals surface area contributed by atoms with Crippen molar-refractivity contribution in [2.45, 2.75) is 51.7 Å². The van der Waals surface area contributed by atoms with Gasteiger partial charge in [-0.15, -0.1) is 0 Å². The molecule has 1 aliphatic carbocycles. The number of nitrogens with two attached hydrogens (primary N) is 1. The first-order chi connectivity index (χ1) is 8.43. The smallest absolute Gasteiger partial charge is 0.214 e. The molecule has 0 aromatic rings. The fourth-order valence-corrected chi connectivity index (χ4v) is 3.40. The zero-order valence-electron chi connectivity index (χ0n) is 11.4. The zero-order valence-corrected chi connectivity index (χ0v) is 12.2. The van der Waals surface area contributed by atoms with E-state index in [4.69, 9.17) is 10.5 Å². The van der Waals surface area contributed by atoms with E-state index in [0.29, 0.717) is 12.5 Å². The third-order valence-electron chi connectivity index (χ3n) is 3.33. The number of hydrogen-bond acceptors (Lipinski definition) is 4. The number of hydrogen-bond donors (Lipinski definition) is 2. The summed E-state index contributed by atoms with van der Waals surface area (Å²) in [7, 11) is -3.21. The quantitative estimate of drug-likeness (QED) is 0.723. The number of rotatable bonds is 7. The van der Waals surface area contributed by atoms with E-state index in [0.717, 1.165) is 25.7 Å². The fraction of sp³-hybridized carbons (Fsp3) is 1.00. The molecule has 1 fully saturated rings. The van der Waals surface area contributed by atoms with E-state index in [2.05, 4.69) is 4.72 Å². The highest BCUT2D eigenvalue weighted by Crippen LogP contribution is 2.23. The Bertz CT molecular complexity index is 322. The van der Waals surface area contributed by atoms with Gasteiger partial charge in [-0.3, -0.25) is 0 Å². The molecule has 5 nitrogen and oxygen atoms in total. The zero-order chi connectivity index (χ0) is 13.6. The van der Waals surface area contributed by atoms with Crippen LogP contribution < -0.4 is 10.5 Å². The molecule has 0 saturated heterocycles. The monoisotopic (exact) mass is 278 g/mol. The molecule has 6 heteroatoms. The Morgan fingerprint density at radius 3 is 2.39 bits per heavy atom. The number of nitrogens with one attached hydrogen (secondary N) is 1. The molecule has 1 saturated carbocycles. The molecule has 0 unspecified atom stereocenters. The van der Waals surface area contributed by atoms with Gasteiger partial charge in [0.2, 0.25) is 10.0 Å². The van der Waals surface area contributed by atoms with E-state index in [1.807, 2.05) is 13.8 Å². The summed E-state index contributed by atoms with van der Waals surface area (Å²) in [6, 6.07) is 0.0804. The predicted molar refractivity (Wildman–Crippen MR) is 72.8 cm³/mol. The minimum Gasteiger partial charge on any atom is -0.378 e. The molecule has 1 rings (SSSR count). The van der Waals surface area contributed by atoms with Gasteiger partial charge in [0.05, 0.1) is 18.5 Å². The molecule has 0 amide bonds. The highest BCUT2D eigenvalue weighted by molar-refractivity contribution is 7.89. The lowest BCUT2D eigenvalue weighted by atomic mass is 9.87. The highest BCUT2D eigenvalue weighted by atomic mass is 32.2. The maximum atomic E-state index is 11.8. The van der Waals surface area contributed by atoms with Crippen molar-refractivity contribution < 1.29 is 13.2 Å². The standard InChI is InChI=1S/C12H26N2O3S/c1-10(2)17-7-8-18(15,16)14-12-5-3-11(9-13)4-6-12/h10-12,14H,3-9,13H2,1-2H3. The summed E-state index contributed by atoms with van der Waals surface area (Å²) in [5, 5.41) is 0. The second-order valence-corrected chi connectivity index (χ2v) is 7.18. The van der Waals surface area contributed by atoms with Crippen molar-refractivity contribution in [2.75, 3.05) is 18.9 Å². The first-order valence-electron chi connectivity index (χ1n) is 6.74. The topological polar surface area (TPSA) is 81.4 Å². The Morgan fingerprint density at radius 2 is 1.89 bits per heavy atom. The van der Waals surface area contributed by atoms with Crippen LogP contribution in [0.15, 0.2) is 0 Å². The van der Waals surface area contributed by atoms with Gasteiger partial charge < -0.3 is 10.5 Å². The largest absolute Gasteiger partial charge is 0.378 e. The van der Waals surface area contributed by atoms with E-state index in [1.165, 1.54) is 0 Å². The number of sulfonamides is 1. The van der Waals surface area contributed by atoms with Crippen LogP contribution >= 0.6 is 0 Å². The SMILES string of the molecule is CC(C)OCCS(=O)(=O)NC1CCC(CN)CC1. The Labute approximate surface area is 111 Å². The van der Waals surface area contributed by atoms with Crippen molar-refractivity contribution >= 4 is 10.0 Å². The van der Waals surface area contributed by atoms with E-state index < -0.39 is 10.0 Å². The molecular formula is C12H26N2O3S. The molecule has 108 valence electrons. The minimum absolute atomic E-state index is 0.0436. The van der Waals surface area contributed by atoms with Gasteiger partial charge in [0, 0.05) is 6.04 Å². The van der Waals surface area contributed by atoms with Crippen molar-refractivity contribution in [3.05, 3.63) is 0 Å². The van der Waals surface area contributed by atoms with Crippen LogP contribution in [0.5, 0.6) is 0 Å². The summed E-state index contributed by atoms with van der Waals surface area (Å²) in [6.45, 7) is 4.76. The minimum atomic E-state index is -3.21. The number of ether oxygens (including phenoxy) is 1. The molecule has 0 aromatic heterocycles. The summed E-state index contributed by atoms with van der Waals surface area (Å²) >= 11 is 0. The first kappa shape index (κ1) is 15.9. The van der Waals surface area contributed by atoms with E-state index in [-0.39, 0.29) is 24.5 Å². The van der Waals surface area contributed by atoms with Gasteiger partial charge in [-0.1, -0.05) is 0 Å². The van der Waals surface area contributed by atoms with Crippen LogP contribution in [0.2, 0.25) is 0 Å². The predicted octanol–water partition coefficient (Wildman–Crippen LogP) is 0.848. The molecule has 0 aromatic carbocycles. The van der Waals surface area contributed by atoms with Gasteiger partial charge in [0.25, 0.3) is 0 Å². The van der Waals surface area contributed by atoms with Crippen molar-refractivity contribution in [1.29, 1.82) is 0 Å². The maximum Gasteiger partial charge on any atom is 0.214 e. The third-order valence-corrected chi connectivity index (χ3v) is 4.73. The van der Waals surface area contributed by atoms with Crippen LogP contribution in [0.25, 0.3) is 0 Å². The Morgan fingerprint density at radius 1 is 1.28 bits per heavy atom. The normalized spacial score (nSPS) is 25.6. The van der Waals surface area contributed by atoms with Gasteiger partial charge >= 0.3 is 0 Å². The molecule has 18 heavy (non-hydrogen) atoms. The van der Waals surface area contributed by atoms with E-state index in [9.17, 15) is 8.42 Å². The van der Waals surface area contributed by atoms with E-state index >= 15 is 0 Å². The molecule has 0 heterocycles. The van der Waals surface area contributed by atoms with Crippen molar-refractivity contribution in [1.82, 2.24) is 4.72 Å². The molecule has 0 radical (unpaired) electrons. The summed E-state index contributed by atoms with van der Waals surface area (Å²) in [5.41, 5.74) is 5.61. The Kier molecular flexibility index (Phi) is 6.55. The van der Waals surface area contributed by atoms with Crippen LogP contribution in [0, 0.1) is 5.92 Å². The van der Waals surface area contributed by atoms with Gasteiger partial charge in [-0.25, -0.2) is 13.1 Å². The van der Waals surface area contributed by atoms with Crippen LogP contribution in [0.3, 0.4) is 0 Å². The lowest BCUT2D eigenvalue weighted by Gasteiger charge is -2.28. The van der Waals surface area contributed by atoms with Crippen LogP contribution in [0.4, 0.5) is 0 Å².